The Morgan fingerprint density at radius 2 is 1.90 bits per heavy atom. The van der Waals surface area contributed by atoms with Gasteiger partial charge in [0.1, 0.15) is 0 Å². The second-order valence-corrected chi connectivity index (χ2v) is 8.28. The van der Waals surface area contributed by atoms with Gasteiger partial charge >= 0.3 is 0 Å². The van der Waals surface area contributed by atoms with Crippen LogP contribution in [-0.4, -0.2) is 46.1 Å². The first-order chi connectivity index (χ1) is 14.9. The minimum Gasteiger partial charge on any atom is -0.345 e. The lowest BCUT2D eigenvalue weighted by molar-refractivity contribution is -0.113. The molecule has 0 spiro atoms. The number of unbranched alkanes of at least 4 members (excludes halogenated alkanes) is 1. The number of hydrogen-bond acceptors (Lipinski definition) is 5. The number of aromatic nitrogens is 2. The third-order valence-electron chi connectivity index (χ3n) is 4.69. The largest absolute Gasteiger partial charge is 0.345 e. The average molecular weight is 439 g/mol. The number of rotatable bonds is 8. The molecule has 0 saturated heterocycles. The minimum absolute atomic E-state index is 0.0862. The van der Waals surface area contributed by atoms with Crippen LogP contribution >= 0.6 is 11.8 Å². The SMILES string of the molecule is CCCCn1c(SCC(=O)Nc2cccc(C(=O)N(C)C)c2)nc2ccccc2c1=O. The molecule has 0 bridgehead atoms. The zero-order chi connectivity index (χ0) is 22.4. The lowest BCUT2D eigenvalue weighted by Crippen LogP contribution is -2.24. The molecule has 162 valence electrons. The molecule has 0 saturated carbocycles. The van der Waals surface area contributed by atoms with Gasteiger partial charge in [0.15, 0.2) is 5.16 Å². The lowest BCUT2D eigenvalue weighted by Gasteiger charge is -2.13. The first kappa shape index (κ1) is 22.6. The molecule has 1 N–H and O–H groups in total. The second kappa shape index (κ2) is 10.3. The zero-order valence-electron chi connectivity index (χ0n) is 17.9. The van der Waals surface area contributed by atoms with Crippen LogP contribution in [0.4, 0.5) is 5.69 Å². The Morgan fingerprint density at radius 3 is 2.65 bits per heavy atom. The first-order valence-electron chi connectivity index (χ1n) is 10.1. The van der Waals surface area contributed by atoms with E-state index in [9.17, 15) is 14.4 Å². The zero-order valence-corrected chi connectivity index (χ0v) is 18.7. The van der Waals surface area contributed by atoms with Gasteiger partial charge in [0, 0.05) is 31.9 Å². The number of carbonyl (C=O) groups is 2. The fourth-order valence-electron chi connectivity index (χ4n) is 3.09. The number of nitrogens with zero attached hydrogens (tertiary/aromatic N) is 3. The molecule has 8 heteroatoms. The van der Waals surface area contributed by atoms with Crippen molar-refractivity contribution < 1.29 is 9.59 Å². The van der Waals surface area contributed by atoms with E-state index < -0.39 is 0 Å². The molecule has 0 atom stereocenters. The molecule has 3 rings (SSSR count). The van der Waals surface area contributed by atoms with Crippen molar-refractivity contribution in [3.63, 3.8) is 0 Å². The molecular formula is C23H26N4O3S. The third kappa shape index (κ3) is 5.52. The molecule has 7 nitrogen and oxygen atoms in total. The topological polar surface area (TPSA) is 84.3 Å². The maximum atomic E-state index is 12.9. The number of hydrogen-bond donors (Lipinski definition) is 1. The maximum Gasteiger partial charge on any atom is 0.262 e. The molecule has 3 aromatic rings. The molecule has 2 amide bonds. The van der Waals surface area contributed by atoms with Gasteiger partial charge in [-0.05, 0) is 36.8 Å². The second-order valence-electron chi connectivity index (χ2n) is 7.34. The molecule has 2 aromatic carbocycles. The quantitative estimate of drug-likeness (QED) is 0.429. The molecule has 0 radical (unpaired) electrons. The van der Waals surface area contributed by atoms with Crippen LogP contribution in [0.3, 0.4) is 0 Å². The van der Waals surface area contributed by atoms with E-state index in [4.69, 9.17) is 0 Å². The summed E-state index contributed by atoms with van der Waals surface area (Å²) >= 11 is 1.23. The van der Waals surface area contributed by atoms with Crippen LogP contribution in [0, 0.1) is 0 Å². The number of benzene rings is 2. The van der Waals surface area contributed by atoms with Crippen LogP contribution in [0.25, 0.3) is 10.9 Å². The van der Waals surface area contributed by atoms with Gasteiger partial charge < -0.3 is 10.2 Å². The van der Waals surface area contributed by atoms with Crippen molar-refractivity contribution in [3.8, 4) is 0 Å². The van der Waals surface area contributed by atoms with Crippen molar-refractivity contribution in [2.75, 3.05) is 25.2 Å². The summed E-state index contributed by atoms with van der Waals surface area (Å²) in [6, 6.07) is 14.1. The van der Waals surface area contributed by atoms with Crippen molar-refractivity contribution in [2.45, 2.75) is 31.5 Å². The van der Waals surface area contributed by atoms with E-state index in [1.54, 1.807) is 55.1 Å². The molecular weight excluding hydrogens is 412 g/mol. The van der Waals surface area contributed by atoms with E-state index in [0.29, 0.717) is 33.9 Å². The monoisotopic (exact) mass is 438 g/mol. The van der Waals surface area contributed by atoms with E-state index in [-0.39, 0.29) is 23.1 Å². The van der Waals surface area contributed by atoms with Gasteiger partial charge in [0.05, 0.1) is 16.7 Å². The highest BCUT2D eigenvalue weighted by molar-refractivity contribution is 7.99. The Bertz CT molecular complexity index is 1160. The van der Waals surface area contributed by atoms with E-state index in [1.165, 1.54) is 16.7 Å². The van der Waals surface area contributed by atoms with E-state index >= 15 is 0 Å². The Kier molecular flexibility index (Phi) is 7.46. The van der Waals surface area contributed by atoms with Crippen molar-refractivity contribution >= 4 is 40.2 Å². The summed E-state index contributed by atoms with van der Waals surface area (Å²) in [5, 5.41) is 3.92. The summed E-state index contributed by atoms with van der Waals surface area (Å²) in [6.45, 7) is 2.63. The van der Waals surface area contributed by atoms with Crippen LogP contribution in [0.15, 0.2) is 58.5 Å². The van der Waals surface area contributed by atoms with Crippen LogP contribution in [0.2, 0.25) is 0 Å². The van der Waals surface area contributed by atoms with Crippen molar-refractivity contribution in [1.29, 1.82) is 0 Å². The molecule has 1 aromatic heterocycles. The molecule has 0 aliphatic carbocycles. The summed E-state index contributed by atoms with van der Waals surface area (Å²) in [5.41, 5.74) is 1.59. The Hall–Kier alpha value is -3.13. The molecule has 0 aliphatic heterocycles. The summed E-state index contributed by atoms with van der Waals surface area (Å²) in [5.74, 6) is -0.266. The smallest absolute Gasteiger partial charge is 0.262 e. The maximum absolute atomic E-state index is 12.9. The molecule has 1 heterocycles. The number of para-hydroxylation sites is 1. The first-order valence-corrected chi connectivity index (χ1v) is 11.1. The molecule has 31 heavy (non-hydrogen) atoms. The van der Waals surface area contributed by atoms with E-state index in [1.807, 2.05) is 12.1 Å². The number of anilines is 1. The van der Waals surface area contributed by atoms with Crippen molar-refractivity contribution in [1.82, 2.24) is 14.5 Å². The highest BCUT2D eigenvalue weighted by atomic mass is 32.2. The van der Waals surface area contributed by atoms with Gasteiger partial charge in [0.2, 0.25) is 5.91 Å². The molecule has 0 aliphatic rings. The fraction of sp³-hybridized carbons (Fsp3) is 0.304. The number of carbonyl (C=O) groups excluding carboxylic acids is 2. The summed E-state index contributed by atoms with van der Waals surface area (Å²) < 4.78 is 1.65. The van der Waals surface area contributed by atoms with Gasteiger partial charge in [-0.25, -0.2) is 4.98 Å². The number of amides is 2. The summed E-state index contributed by atoms with van der Waals surface area (Å²) in [4.78, 5) is 43.7. The fourth-order valence-corrected chi connectivity index (χ4v) is 3.91. The van der Waals surface area contributed by atoms with Crippen LogP contribution in [0.1, 0.15) is 30.1 Å². The predicted molar refractivity (Wildman–Crippen MR) is 125 cm³/mol. The highest BCUT2D eigenvalue weighted by Crippen LogP contribution is 2.19. The predicted octanol–water partition coefficient (Wildman–Crippen LogP) is 3.63. The van der Waals surface area contributed by atoms with Crippen LogP contribution in [0.5, 0.6) is 0 Å². The third-order valence-corrected chi connectivity index (χ3v) is 5.67. The van der Waals surface area contributed by atoms with Crippen LogP contribution < -0.4 is 10.9 Å². The Labute approximate surface area is 185 Å². The Balaban J connectivity index is 1.76. The van der Waals surface area contributed by atoms with Crippen LogP contribution in [-0.2, 0) is 11.3 Å². The lowest BCUT2D eigenvalue weighted by atomic mass is 10.2. The van der Waals surface area contributed by atoms with Gasteiger partial charge in [-0.2, -0.15) is 0 Å². The molecule has 0 fully saturated rings. The Morgan fingerprint density at radius 1 is 1.13 bits per heavy atom. The van der Waals surface area contributed by atoms with E-state index in [0.717, 1.165) is 12.8 Å². The summed E-state index contributed by atoms with van der Waals surface area (Å²) in [7, 11) is 3.36. The number of nitrogens with one attached hydrogen (secondary N) is 1. The van der Waals surface area contributed by atoms with Crippen molar-refractivity contribution in [2.24, 2.45) is 0 Å². The minimum atomic E-state index is -0.232. The standard InChI is InChI=1S/C23H26N4O3S/c1-4-5-13-27-22(30)18-11-6-7-12-19(18)25-23(27)31-15-20(28)24-17-10-8-9-16(14-17)21(29)26(2)3/h6-12,14H,4-5,13,15H2,1-3H3,(H,24,28). The van der Waals surface area contributed by atoms with E-state index in [2.05, 4.69) is 17.2 Å². The van der Waals surface area contributed by atoms with Gasteiger partial charge in [-0.1, -0.05) is 43.3 Å². The average Bonchev–Trinajstić information content (AvgIpc) is 2.77. The van der Waals surface area contributed by atoms with Gasteiger partial charge in [-0.3, -0.25) is 19.0 Å². The highest BCUT2D eigenvalue weighted by Gasteiger charge is 2.14. The normalized spacial score (nSPS) is 10.8. The van der Waals surface area contributed by atoms with Gasteiger partial charge in [0.25, 0.3) is 11.5 Å². The number of fused-ring (bicyclic) bond motifs is 1. The molecule has 0 unspecified atom stereocenters. The van der Waals surface area contributed by atoms with Crippen molar-refractivity contribution in [3.05, 3.63) is 64.4 Å². The summed E-state index contributed by atoms with van der Waals surface area (Å²) in [6.07, 6.45) is 1.80. The van der Waals surface area contributed by atoms with Gasteiger partial charge in [-0.15, -0.1) is 0 Å². The number of thioether (sulfide) groups is 1.